The van der Waals surface area contributed by atoms with Gasteiger partial charge in [-0.3, -0.25) is 24.6 Å². The molecule has 3 amide bonds. The van der Waals surface area contributed by atoms with Crippen molar-refractivity contribution >= 4 is 23.4 Å². The van der Waals surface area contributed by atoms with Crippen molar-refractivity contribution in [2.24, 2.45) is 17.8 Å². The first-order valence-corrected chi connectivity index (χ1v) is 10.6. The van der Waals surface area contributed by atoms with Crippen LogP contribution in [0.3, 0.4) is 0 Å². The number of fused-ring (bicyclic) bond motifs is 4. The first-order valence-electron chi connectivity index (χ1n) is 10.6. The molecule has 3 aliphatic rings. The molecular formula is C24H25N3O4. The van der Waals surface area contributed by atoms with Gasteiger partial charge in [0.05, 0.1) is 25.5 Å². The largest absolute Gasteiger partial charge is 0.496 e. The summed E-state index contributed by atoms with van der Waals surface area (Å²) in [6.45, 7) is 4.14. The number of likely N-dealkylation sites (tertiary alicyclic amines) is 1. The lowest BCUT2D eigenvalue weighted by Gasteiger charge is -2.30. The van der Waals surface area contributed by atoms with Crippen molar-refractivity contribution in [2.75, 3.05) is 12.4 Å². The second kappa shape index (κ2) is 6.92. The molecular weight excluding hydrogens is 394 g/mol. The van der Waals surface area contributed by atoms with Gasteiger partial charge in [0.1, 0.15) is 11.3 Å². The number of amides is 3. The summed E-state index contributed by atoms with van der Waals surface area (Å²) in [5.41, 5.74) is 0.939. The number of rotatable bonds is 4. The predicted octanol–water partition coefficient (Wildman–Crippen LogP) is 2.27. The normalized spacial score (nSPS) is 29.0. The van der Waals surface area contributed by atoms with Gasteiger partial charge in [-0.1, -0.05) is 50.2 Å². The van der Waals surface area contributed by atoms with E-state index in [9.17, 15) is 14.4 Å². The van der Waals surface area contributed by atoms with Crippen LogP contribution in [0, 0.1) is 17.8 Å². The fraction of sp³-hybridized carbons (Fsp3) is 0.375. The quantitative estimate of drug-likeness (QED) is 0.743. The fourth-order valence-electron chi connectivity index (χ4n) is 5.48. The zero-order valence-corrected chi connectivity index (χ0v) is 17.7. The van der Waals surface area contributed by atoms with Gasteiger partial charge in [-0.05, 0) is 18.1 Å². The standard InChI is InChI=1S/C24H25N3O4/c1-13(2)20-18-19(24(26-20)15-9-5-6-10-16(15)25-23(24)30)22(29)27(21(18)28)12-14-8-4-7-11-17(14)31-3/h4-11,13,18-20,26H,12H2,1-3H3,(H,25,30)/t18-,19-,20+,24-/m0/s1. The van der Waals surface area contributed by atoms with Crippen molar-refractivity contribution in [3.8, 4) is 5.75 Å². The molecule has 31 heavy (non-hydrogen) atoms. The maximum absolute atomic E-state index is 13.7. The van der Waals surface area contributed by atoms with Gasteiger partial charge < -0.3 is 10.1 Å². The molecule has 2 aromatic carbocycles. The zero-order valence-electron chi connectivity index (χ0n) is 17.7. The van der Waals surface area contributed by atoms with E-state index in [1.807, 2.05) is 62.4 Å². The summed E-state index contributed by atoms with van der Waals surface area (Å²) in [5, 5.41) is 6.35. The Balaban J connectivity index is 1.60. The summed E-state index contributed by atoms with van der Waals surface area (Å²) >= 11 is 0. The van der Waals surface area contributed by atoms with Crippen LogP contribution in [0.25, 0.3) is 0 Å². The van der Waals surface area contributed by atoms with Crippen LogP contribution < -0.4 is 15.4 Å². The summed E-state index contributed by atoms with van der Waals surface area (Å²) in [7, 11) is 1.56. The van der Waals surface area contributed by atoms with Crippen LogP contribution in [0.5, 0.6) is 5.75 Å². The molecule has 2 aromatic rings. The lowest BCUT2D eigenvalue weighted by molar-refractivity contribution is -0.143. The number of imide groups is 1. The van der Waals surface area contributed by atoms with Gasteiger partial charge in [-0.25, -0.2) is 0 Å². The fourth-order valence-corrected chi connectivity index (χ4v) is 5.48. The first-order chi connectivity index (χ1) is 14.9. The summed E-state index contributed by atoms with van der Waals surface area (Å²) in [6.07, 6.45) is 0. The average molecular weight is 419 g/mol. The second-order valence-electron chi connectivity index (χ2n) is 8.80. The molecule has 5 rings (SSSR count). The highest BCUT2D eigenvalue weighted by molar-refractivity contribution is 6.15. The lowest BCUT2D eigenvalue weighted by atomic mass is 9.76. The maximum Gasteiger partial charge on any atom is 0.250 e. The Labute approximate surface area is 180 Å². The third kappa shape index (κ3) is 2.59. The van der Waals surface area contributed by atoms with Crippen molar-refractivity contribution in [2.45, 2.75) is 32.0 Å². The number of carbonyl (C=O) groups excluding carboxylic acids is 3. The van der Waals surface area contributed by atoms with E-state index in [1.54, 1.807) is 7.11 Å². The highest BCUT2D eigenvalue weighted by Gasteiger charge is 2.70. The minimum absolute atomic E-state index is 0.0652. The zero-order chi connectivity index (χ0) is 21.9. The summed E-state index contributed by atoms with van der Waals surface area (Å²) in [6, 6.07) is 14.5. The van der Waals surface area contributed by atoms with Crippen molar-refractivity contribution in [3.63, 3.8) is 0 Å². The van der Waals surface area contributed by atoms with Crippen molar-refractivity contribution in [1.29, 1.82) is 0 Å². The topological polar surface area (TPSA) is 87.7 Å². The van der Waals surface area contributed by atoms with Crippen molar-refractivity contribution < 1.29 is 19.1 Å². The Hall–Kier alpha value is -3.19. The molecule has 0 saturated carbocycles. The van der Waals surface area contributed by atoms with E-state index < -0.39 is 17.4 Å². The van der Waals surface area contributed by atoms with Crippen LogP contribution in [-0.4, -0.2) is 35.8 Å². The maximum atomic E-state index is 13.7. The van der Waals surface area contributed by atoms with Crippen LogP contribution in [0.4, 0.5) is 5.69 Å². The van der Waals surface area contributed by atoms with Gasteiger partial charge in [0, 0.05) is 22.9 Å². The predicted molar refractivity (Wildman–Crippen MR) is 114 cm³/mol. The molecule has 4 atom stereocenters. The number of anilines is 1. The van der Waals surface area contributed by atoms with Crippen LogP contribution in [-0.2, 0) is 26.5 Å². The molecule has 7 nitrogen and oxygen atoms in total. The smallest absolute Gasteiger partial charge is 0.250 e. The molecule has 2 saturated heterocycles. The Morgan fingerprint density at radius 3 is 2.48 bits per heavy atom. The van der Waals surface area contributed by atoms with Crippen molar-refractivity contribution in [1.82, 2.24) is 10.2 Å². The molecule has 0 aliphatic carbocycles. The number of benzene rings is 2. The Bertz CT molecular complexity index is 1100. The minimum atomic E-state index is -1.24. The molecule has 0 bridgehead atoms. The van der Waals surface area contributed by atoms with E-state index in [4.69, 9.17) is 4.74 Å². The molecule has 0 unspecified atom stereocenters. The van der Waals surface area contributed by atoms with Gasteiger partial charge in [0.2, 0.25) is 17.7 Å². The Morgan fingerprint density at radius 2 is 1.74 bits per heavy atom. The number of para-hydroxylation sites is 2. The van der Waals surface area contributed by atoms with Gasteiger partial charge >= 0.3 is 0 Å². The molecule has 3 aliphatic heterocycles. The van der Waals surface area contributed by atoms with Gasteiger partial charge in [-0.2, -0.15) is 0 Å². The molecule has 2 N–H and O–H groups in total. The van der Waals surface area contributed by atoms with Crippen molar-refractivity contribution in [3.05, 3.63) is 59.7 Å². The molecule has 160 valence electrons. The summed E-state index contributed by atoms with van der Waals surface area (Å²) in [4.78, 5) is 41.9. The van der Waals surface area contributed by atoms with E-state index >= 15 is 0 Å². The number of hydrogen-bond acceptors (Lipinski definition) is 5. The molecule has 7 heteroatoms. The van der Waals surface area contributed by atoms with Crippen LogP contribution in [0.15, 0.2) is 48.5 Å². The van der Waals surface area contributed by atoms with E-state index in [2.05, 4.69) is 10.6 Å². The van der Waals surface area contributed by atoms with E-state index in [-0.39, 0.29) is 36.2 Å². The number of ether oxygens (including phenoxy) is 1. The molecule has 3 heterocycles. The van der Waals surface area contributed by atoms with Crippen LogP contribution in [0.1, 0.15) is 25.0 Å². The summed E-state index contributed by atoms with van der Waals surface area (Å²) < 4.78 is 5.41. The number of methoxy groups -OCH3 is 1. The average Bonchev–Trinajstić information content (AvgIpc) is 3.35. The summed E-state index contributed by atoms with van der Waals surface area (Å²) in [5.74, 6) is -1.52. The number of hydrogen-bond donors (Lipinski definition) is 2. The molecule has 1 spiro atoms. The van der Waals surface area contributed by atoms with E-state index in [0.29, 0.717) is 11.4 Å². The number of nitrogens with one attached hydrogen (secondary N) is 2. The van der Waals surface area contributed by atoms with Gasteiger partial charge in [0.15, 0.2) is 0 Å². The third-order valence-corrected chi connectivity index (χ3v) is 6.89. The molecule has 0 aromatic heterocycles. The molecule has 2 fully saturated rings. The van der Waals surface area contributed by atoms with Gasteiger partial charge in [0.25, 0.3) is 0 Å². The number of carbonyl (C=O) groups is 3. The monoisotopic (exact) mass is 419 g/mol. The number of nitrogens with zero attached hydrogens (tertiary/aromatic N) is 1. The Morgan fingerprint density at radius 1 is 1.03 bits per heavy atom. The SMILES string of the molecule is COc1ccccc1CN1C(=O)[C@@H]2[C@@H](C(C)C)N[C@]3(C(=O)Nc4ccccc43)[C@@H]2C1=O. The highest BCUT2D eigenvalue weighted by atomic mass is 16.5. The van der Waals surface area contributed by atoms with E-state index in [0.717, 1.165) is 11.1 Å². The highest BCUT2D eigenvalue weighted by Crippen LogP contribution is 2.54. The first kappa shape index (κ1) is 19.8. The molecule has 0 radical (unpaired) electrons. The van der Waals surface area contributed by atoms with Crippen LogP contribution in [0.2, 0.25) is 0 Å². The van der Waals surface area contributed by atoms with Crippen LogP contribution >= 0.6 is 0 Å². The van der Waals surface area contributed by atoms with Gasteiger partial charge in [-0.15, -0.1) is 0 Å². The lowest BCUT2D eigenvalue weighted by Crippen LogP contribution is -2.53. The second-order valence-corrected chi connectivity index (χ2v) is 8.80. The van der Waals surface area contributed by atoms with E-state index in [1.165, 1.54) is 4.90 Å². The Kier molecular flexibility index (Phi) is 4.41. The third-order valence-electron chi connectivity index (χ3n) is 6.89. The minimum Gasteiger partial charge on any atom is -0.496 e.